The van der Waals surface area contributed by atoms with Gasteiger partial charge in [-0.05, 0) is 47.0 Å². The molecule has 2 rings (SSSR count). The number of hydrogen-bond donors (Lipinski definition) is 1. The molecule has 1 fully saturated rings. The predicted molar refractivity (Wildman–Crippen MR) is 70.1 cm³/mol. The molecular weight excluding hydrogens is 268 g/mol. The number of nitrogens with zero attached hydrogens (tertiary/aromatic N) is 1. The van der Waals surface area contributed by atoms with Crippen molar-refractivity contribution < 1.29 is 4.74 Å². The standard InChI is InChI=1S/C12H17BrN2O/c1-15(8-12(14)5-6-12)9-3-4-11(16-2)10(13)7-9/h3-4,7H,5-6,8,14H2,1-2H3. The first-order valence-corrected chi connectivity index (χ1v) is 6.17. The second-order valence-electron chi connectivity index (χ2n) is 4.54. The summed E-state index contributed by atoms with van der Waals surface area (Å²) in [4.78, 5) is 2.19. The minimum atomic E-state index is 0.0428. The summed E-state index contributed by atoms with van der Waals surface area (Å²) in [6.07, 6.45) is 2.27. The smallest absolute Gasteiger partial charge is 0.133 e. The lowest BCUT2D eigenvalue weighted by Crippen LogP contribution is -2.37. The van der Waals surface area contributed by atoms with E-state index in [0.717, 1.165) is 35.3 Å². The van der Waals surface area contributed by atoms with Gasteiger partial charge >= 0.3 is 0 Å². The summed E-state index contributed by atoms with van der Waals surface area (Å²) in [7, 11) is 3.74. The van der Waals surface area contributed by atoms with Crippen LogP contribution in [0.5, 0.6) is 5.75 Å². The largest absolute Gasteiger partial charge is 0.496 e. The molecule has 4 heteroatoms. The molecule has 0 spiro atoms. The van der Waals surface area contributed by atoms with Gasteiger partial charge in [0.2, 0.25) is 0 Å². The van der Waals surface area contributed by atoms with E-state index in [1.165, 1.54) is 0 Å². The quantitative estimate of drug-likeness (QED) is 0.923. The SMILES string of the molecule is COc1ccc(N(C)CC2(N)CC2)cc1Br. The lowest BCUT2D eigenvalue weighted by Gasteiger charge is -2.23. The Morgan fingerprint density at radius 3 is 2.69 bits per heavy atom. The van der Waals surface area contributed by atoms with Crippen LogP contribution in [0.3, 0.4) is 0 Å². The molecular formula is C12H17BrN2O. The molecule has 0 unspecified atom stereocenters. The molecule has 0 heterocycles. The first-order valence-electron chi connectivity index (χ1n) is 5.38. The maximum absolute atomic E-state index is 6.10. The Balaban J connectivity index is 2.11. The summed E-state index contributed by atoms with van der Waals surface area (Å²) in [6, 6.07) is 6.08. The monoisotopic (exact) mass is 284 g/mol. The van der Waals surface area contributed by atoms with Gasteiger partial charge in [0.15, 0.2) is 0 Å². The van der Waals surface area contributed by atoms with Crippen LogP contribution in [0.1, 0.15) is 12.8 Å². The molecule has 3 nitrogen and oxygen atoms in total. The Bertz CT molecular complexity index is 391. The van der Waals surface area contributed by atoms with Crippen molar-refractivity contribution in [1.82, 2.24) is 0 Å². The van der Waals surface area contributed by atoms with E-state index in [2.05, 4.69) is 40.0 Å². The molecule has 0 atom stereocenters. The second-order valence-corrected chi connectivity index (χ2v) is 5.39. The summed E-state index contributed by atoms with van der Waals surface area (Å²) in [5, 5.41) is 0. The zero-order valence-corrected chi connectivity index (χ0v) is 11.3. The van der Waals surface area contributed by atoms with E-state index in [1.54, 1.807) is 7.11 Å². The Labute approximate surface area is 105 Å². The van der Waals surface area contributed by atoms with Crippen LogP contribution in [0.15, 0.2) is 22.7 Å². The minimum absolute atomic E-state index is 0.0428. The number of anilines is 1. The fourth-order valence-electron chi connectivity index (χ4n) is 1.78. The Morgan fingerprint density at radius 2 is 2.19 bits per heavy atom. The van der Waals surface area contributed by atoms with Crippen LogP contribution >= 0.6 is 15.9 Å². The molecule has 0 bridgehead atoms. The van der Waals surface area contributed by atoms with E-state index in [9.17, 15) is 0 Å². The first-order chi connectivity index (χ1) is 7.54. The predicted octanol–water partition coefficient (Wildman–Crippen LogP) is 2.39. The summed E-state index contributed by atoms with van der Waals surface area (Å²) in [6.45, 7) is 0.909. The third-order valence-electron chi connectivity index (χ3n) is 3.02. The molecule has 88 valence electrons. The highest BCUT2D eigenvalue weighted by atomic mass is 79.9. The fraction of sp³-hybridized carbons (Fsp3) is 0.500. The molecule has 2 N–H and O–H groups in total. The van der Waals surface area contributed by atoms with E-state index < -0.39 is 0 Å². The van der Waals surface area contributed by atoms with Crippen LogP contribution in [-0.4, -0.2) is 26.2 Å². The molecule has 1 aromatic rings. The molecule has 1 aliphatic rings. The summed E-state index contributed by atoms with van der Waals surface area (Å²) in [5.41, 5.74) is 7.30. The lowest BCUT2D eigenvalue weighted by molar-refractivity contribution is 0.412. The third kappa shape index (κ3) is 2.50. The first kappa shape index (κ1) is 11.7. The van der Waals surface area contributed by atoms with Crippen molar-refractivity contribution in [3.63, 3.8) is 0 Å². The van der Waals surface area contributed by atoms with E-state index in [4.69, 9.17) is 10.5 Å². The van der Waals surface area contributed by atoms with E-state index in [-0.39, 0.29) is 5.54 Å². The van der Waals surface area contributed by atoms with Crippen molar-refractivity contribution in [2.45, 2.75) is 18.4 Å². The van der Waals surface area contributed by atoms with Gasteiger partial charge in [0.05, 0.1) is 11.6 Å². The molecule has 1 aliphatic carbocycles. The van der Waals surface area contributed by atoms with Crippen molar-refractivity contribution in [1.29, 1.82) is 0 Å². The van der Waals surface area contributed by atoms with Crippen LogP contribution in [0, 0.1) is 0 Å². The van der Waals surface area contributed by atoms with Crippen LogP contribution < -0.4 is 15.4 Å². The van der Waals surface area contributed by atoms with Gasteiger partial charge in [-0.3, -0.25) is 0 Å². The summed E-state index contributed by atoms with van der Waals surface area (Å²) in [5.74, 6) is 0.853. The highest BCUT2D eigenvalue weighted by Crippen LogP contribution is 2.35. The molecule has 0 radical (unpaired) electrons. The molecule has 1 aromatic carbocycles. The van der Waals surface area contributed by atoms with Crippen molar-refractivity contribution in [3.8, 4) is 5.75 Å². The summed E-state index contributed by atoms with van der Waals surface area (Å²) < 4.78 is 6.18. The highest BCUT2D eigenvalue weighted by molar-refractivity contribution is 9.10. The fourth-order valence-corrected chi connectivity index (χ4v) is 2.30. The van der Waals surface area contributed by atoms with Gasteiger partial charge in [-0.25, -0.2) is 0 Å². The average Bonchev–Trinajstić information content (AvgIpc) is 2.95. The van der Waals surface area contributed by atoms with Gasteiger partial charge in [0, 0.05) is 24.8 Å². The van der Waals surface area contributed by atoms with Crippen LogP contribution in [0.4, 0.5) is 5.69 Å². The number of hydrogen-bond acceptors (Lipinski definition) is 3. The Hall–Kier alpha value is -0.740. The molecule has 1 saturated carbocycles. The topological polar surface area (TPSA) is 38.5 Å². The zero-order valence-electron chi connectivity index (χ0n) is 9.66. The van der Waals surface area contributed by atoms with Crippen LogP contribution in [0.25, 0.3) is 0 Å². The van der Waals surface area contributed by atoms with Gasteiger partial charge in [-0.15, -0.1) is 0 Å². The second kappa shape index (κ2) is 4.26. The zero-order chi connectivity index (χ0) is 11.8. The van der Waals surface area contributed by atoms with Crippen LogP contribution in [0.2, 0.25) is 0 Å². The molecule has 0 amide bonds. The van der Waals surface area contributed by atoms with Crippen LogP contribution in [-0.2, 0) is 0 Å². The minimum Gasteiger partial charge on any atom is -0.496 e. The Morgan fingerprint density at radius 1 is 1.50 bits per heavy atom. The van der Waals surface area contributed by atoms with Gasteiger partial charge in [-0.1, -0.05) is 0 Å². The number of likely N-dealkylation sites (N-methyl/N-ethyl adjacent to an activating group) is 1. The van der Waals surface area contributed by atoms with Crippen molar-refractivity contribution in [3.05, 3.63) is 22.7 Å². The molecule has 0 aliphatic heterocycles. The maximum Gasteiger partial charge on any atom is 0.133 e. The lowest BCUT2D eigenvalue weighted by atomic mass is 10.2. The normalized spacial score (nSPS) is 17.0. The van der Waals surface area contributed by atoms with Crippen molar-refractivity contribution in [2.24, 2.45) is 5.73 Å². The van der Waals surface area contributed by atoms with Gasteiger partial charge in [0.25, 0.3) is 0 Å². The highest BCUT2D eigenvalue weighted by Gasteiger charge is 2.39. The number of ether oxygens (including phenoxy) is 1. The molecule has 16 heavy (non-hydrogen) atoms. The van der Waals surface area contributed by atoms with E-state index >= 15 is 0 Å². The molecule has 0 saturated heterocycles. The van der Waals surface area contributed by atoms with Crippen molar-refractivity contribution >= 4 is 21.6 Å². The van der Waals surface area contributed by atoms with E-state index in [1.807, 2.05) is 6.07 Å². The number of rotatable bonds is 4. The van der Waals surface area contributed by atoms with E-state index in [0.29, 0.717) is 0 Å². The third-order valence-corrected chi connectivity index (χ3v) is 3.64. The average molecular weight is 285 g/mol. The number of benzene rings is 1. The van der Waals surface area contributed by atoms with Crippen molar-refractivity contribution in [2.75, 3.05) is 25.6 Å². The van der Waals surface area contributed by atoms with Gasteiger partial charge in [0.1, 0.15) is 5.75 Å². The van der Waals surface area contributed by atoms with Gasteiger partial charge < -0.3 is 15.4 Å². The number of halogens is 1. The maximum atomic E-state index is 6.10. The molecule has 0 aromatic heterocycles. The van der Waals surface area contributed by atoms with Gasteiger partial charge in [-0.2, -0.15) is 0 Å². The Kier molecular flexibility index (Phi) is 3.13. The number of methoxy groups -OCH3 is 1. The number of nitrogens with two attached hydrogens (primary N) is 1. The summed E-state index contributed by atoms with van der Waals surface area (Å²) >= 11 is 3.49.